The lowest BCUT2D eigenvalue weighted by atomic mass is 9.85. The zero-order valence-corrected chi connectivity index (χ0v) is 7.24. The van der Waals surface area contributed by atoms with Crippen LogP contribution >= 0.6 is 0 Å². The Balaban J connectivity index is 2.62. The summed E-state index contributed by atoms with van der Waals surface area (Å²) < 4.78 is 0. The predicted octanol–water partition coefficient (Wildman–Crippen LogP) is 1.39. The van der Waals surface area contributed by atoms with E-state index in [2.05, 4.69) is 6.58 Å². The maximum Gasteiger partial charge on any atom is 0.109 e. The minimum atomic E-state index is -1.01. The van der Waals surface area contributed by atoms with Crippen LogP contribution in [0, 0.1) is 0 Å². The van der Waals surface area contributed by atoms with Gasteiger partial charge in [-0.25, -0.2) is 0 Å². The first-order chi connectivity index (χ1) is 5.69. The molecule has 0 bridgehead atoms. The van der Waals surface area contributed by atoms with Gasteiger partial charge >= 0.3 is 0 Å². The molecule has 2 N–H and O–H groups in total. The highest BCUT2D eigenvalue weighted by molar-refractivity contribution is 5.09. The van der Waals surface area contributed by atoms with Crippen LogP contribution in [0.5, 0.6) is 0 Å². The smallest absolute Gasteiger partial charge is 0.109 e. The number of rotatable bonds is 3. The molecule has 1 rings (SSSR count). The quantitative estimate of drug-likeness (QED) is 0.625. The monoisotopic (exact) mass is 168 g/mol. The van der Waals surface area contributed by atoms with Gasteiger partial charge in [0, 0.05) is 0 Å². The van der Waals surface area contributed by atoms with Crippen molar-refractivity contribution in [2.45, 2.75) is 37.4 Å². The van der Waals surface area contributed by atoms with Crippen LogP contribution < -0.4 is 0 Å². The van der Waals surface area contributed by atoms with E-state index in [1.54, 1.807) is 12.2 Å². The lowest BCUT2D eigenvalue weighted by Crippen LogP contribution is -2.41. The molecule has 0 amide bonds. The third kappa shape index (κ3) is 1.96. The molecule has 0 fully saturated rings. The van der Waals surface area contributed by atoms with Gasteiger partial charge in [-0.2, -0.15) is 0 Å². The normalized spacial score (nSPS) is 31.5. The van der Waals surface area contributed by atoms with Crippen molar-refractivity contribution in [2.24, 2.45) is 0 Å². The summed E-state index contributed by atoms with van der Waals surface area (Å²) in [6.07, 6.45) is 7.61. The van der Waals surface area contributed by atoms with E-state index >= 15 is 0 Å². The SMILES string of the molecule is C=CCC(O)C1(O)C=CCCC1. The summed E-state index contributed by atoms with van der Waals surface area (Å²) in [6, 6.07) is 0. The molecule has 1 aliphatic carbocycles. The number of aliphatic hydroxyl groups is 2. The molecule has 2 nitrogen and oxygen atoms in total. The fourth-order valence-electron chi connectivity index (χ4n) is 1.51. The fourth-order valence-corrected chi connectivity index (χ4v) is 1.51. The summed E-state index contributed by atoms with van der Waals surface area (Å²) in [5.74, 6) is 0. The topological polar surface area (TPSA) is 40.5 Å². The Kier molecular flexibility index (Phi) is 3.06. The van der Waals surface area contributed by atoms with Gasteiger partial charge in [0.2, 0.25) is 0 Å². The van der Waals surface area contributed by atoms with Gasteiger partial charge in [-0.1, -0.05) is 18.2 Å². The molecule has 0 saturated heterocycles. The summed E-state index contributed by atoms with van der Waals surface area (Å²) >= 11 is 0. The molecule has 12 heavy (non-hydrogen) atoms. The highest BCUT2D eigenvalue weighted by atomic mass is 16.3. The molecule has 1 aliphatic rings. The van der Waals surface area contributed by atoms with Gasteiger partial charge in [-0.15, -0.1) is 6.58 Å². The third-order valence-electron chi connectivity index (χ3n) is 2.32. The molecule has 2 unspecified atom stereocenters. The van der Waals surface area contributed by atoms with Crippen molar-refractivity contribution in [1.29, 1.82) is 0 Å². The Morgan fingerprint density at radius 2 is 2.42 bits per heavy atom. The highest BCUT2D eigenvalue weighted by Gasteiger charge is 2.32. The van der Waals surface area contributed by atoms with E-state index in [1.165, 1.54) is 0 Å². The van der Waals surface area contributed by atoms with E-state index in [9.17, 15) is 10.2 Å². The zero-order valence-electron chi connectivity index (χ0n) is 7.24. The molecular formula is C10H16O2. The first-order valence-electron chi connectivity index (χ1n) is 4.38. The van der Waals surface area contributed by atoms with Crippen molar-refractivity contribution >= 4 is 0 Å². The molecule has 0 aromatic rings. The molecule has 2 atom stereocenters. The van der Waals surface area contributed by atoms with Gasteiger partial charge in [0.05, 0.1) is 6.10 Å². The van der Waals surface area contributed by atoms with Crippen LogP contribution in [-0.2, 0) is 0 Å². The zero-order chi connectivity index (χ0) is 9.03. The van der Waals surface area contributed by atoms with E-state index in [0.717, 1.165) is 12.8 Å². The molecule has 0 saturated carbocycles. The van der Waals surface area contributed by atoms with Crippen molar-refractivity contribution in [1.82, 2.24) is 0 Å². The van der Waals surface area contributed by atoms with Gasteiger partial charge in [0.1, 0.15) is 5.60 Å². The first kappa shape index (κ1) is 9.49. The number of hydrogen-bond donors (Lipinski definition) is 2. The summed E-state index contributed by atoms with van der Waals surface area (Å²) in [5, 5.41) is 19.4. The Morgan fingerprint density at radius 3 is 2.92 bits per heavy atom. The minimum absolute atomic E-state index is 0.445. The van der Waals surface area contributed by atoms with Gasteiger partial charge in [0.15, 0.2) is 0 Å². The molecule has 0 radical (unpaired) electrons. The standard InChI is InChI=1S/C10H16O2/c1-2-6-9(11)10(12)7-4-3-5-8-10/h2,4,7,9,11-12H,1,3,5-6,8H2. The third-order valence-corrected chi connectivity index (χ3v) is 2.32. The van der Waals surface area contributed by atoms with E-state index in [4.69, 9.17) is 0 Å². The maximum atomic E-state index is 9.89. The Hall–Kier alpha value is -0.600. The van der Waals surface area contributed by atoms with Crippen LogP contribution in [0.1, 0.15) is 25.7 Å². The molecule has 0 spiro atoms. The summed E-state index contributed by atoms with van der Waals surface area (Å²) in [4.78, 5) is 0. The number of allylic oxidation sites excluding steroid dienone is 1. The van der Waals surface area contributed by atoms with Gasteiger partial charge in [0.25, 0.3) is 0 Å². The van der Waals surface area contributed by atoms with E-state index in [1.807, 2.05) is 6.08 Å². The molecule has 0 aromatic heterocycles. The average Bonchev–Trinajstić information content (AvgIpc) is 2.06. The lowest BCUT2D eigenvalue weighted by Gasteiger charge is -2.31. The van der Waals surface area contributed by atoms with Crippen LogP contribution in [0.3, 0.4) is 0 Å². The van der Waals surface area contributed by atoms with E-state index in [-0.39, 0.29) is 0 Å². The summed E-state index contributed by atoms with van der Waals surface area (Å²) in [6.45, 7) is 3.53. The summed E-state index contributed by atoms with van der Waals surface area (Å²) in [5.41, 5.74) is -1.01. The van der Waals surface area contributed by atoms with Gasteiger partial charge in [-0.3, -0.25) is 0 Å². The van der Waals surface area contributed by atoms with Crippen molar-refractivity contribution in [2.75, 3.05) is 0 Å². The lowest BCUT2D eigenvalue weighted by molar-refractivity contribution is -0.0464. The second-order valence-corrected chi connectivity index (χ2v) is 3.33. The van der Waals surface area contributed by atoms with Crippen molar-refractivity contribution in [3.63, 3.8) is 0 Å². The average molecular weight is 168 g/mol. The van der Waals surface area contributed by atoms with Crippen molar-refractivity contribution in [3.05, 3.63) is 24.8 Å². The highest BCUT2D eigenvalue weighted by Crippen LogP contribution is 2.26. The molecule has 0 aromatic carbocycles. The van der Waals surface area contributed by atoms with Crippen molar-refractivity contribution < 1.29 is 10.2 Å². The van der Waals surface area contributed by atoms with Crippen LogP contribution in [0.4, 0.5) is 0 Å². The van der Waals surface area contributed by atoms with Crippen LogP contribution in [0.2, 0.25) is 0 Å². The molecular weight excluding hydrogens is 152 g/mol. The maximum absolute atomic E-state index is 9.89. The van der Waals surface area contributed by atoms with Crippen LogP contribution in [0.25, 0.3) is 0 Å². The Bertz CT molecular complexity index is 186. The molecule has 0 heterocycles. The molecule has 0 aliphatic heterocycles. The second-order valence-electron chi connectivity index (χ2n) is 3.33. The Labute approximate surface area is 73.2 Å². The first-order valence-corrected chi connectivity index (χ1v) is 4.38. The predicted molar refractivity (Wildman–Crippen MR) is 48.8 cm³/mol. The van der Waals surface area contributed by atoms with E-state index in [0.29, 0.717) is 12.8 Å². The van der Waals surface area contributed by atoms with Gasteiger partial charge in [-0.05, 0) is 25.7 Å². The van der Waals surface area contributed by atoms with Crippen LogP contribution in [-0.4, -0.2) is 21.9 Å². The second kappa shape index (κ2) is 3.87. The molecule has 2 heteroatoms. The molecule has 68 valence electrons. The largest absolute Gasteiger partial charge is 0.389 e. The van der Waals surface area contributed by atoms with Crippen LogP contribution in [0.15, 0.2) is 24.8 Å². The summed E-state index contributed by atoms with van der Waals surface area (Å²) in [7, 11) is 0. The van der Waals surface area contributed by atoms with E-state index < -0.39 is 11.7 Å². The van der Waals surface area contributed by atoms with Crippen molar-refractivity contribution in [3.8, 4) is 0 Å². The number of hydrogen-bond acceptors (Lipinski definition) is 2. The minimum Gasteiger partial charge on any atom is -0.389 e. The number of aliphatic hydroxyl groups excluding tert-OH is 1. The Morgan fingerprint density at radius 1 is 1.67 bits per heavy atom. The van der Waals surface area contributed by atoms with Gasteiger partial charge < -0.3 is 10.2 Å². The fraction of sp³-hybridized carbons (Fsp3) is 0.600.